The number of amides is 1. The summed E-state index contributed by atoms with van der Waals surface area (Å²) >= 11 is 1.50. The highest BCUT2D eigenvalue weighted by atomic mass is 32.2. The van der Waals surface area contributed by atoms with Crippen LogP contribution >= 0.6 is 11.3 Å². The van der Waals surface area contributed by atoms with E-state index in [1.165, 1.54) is 29.0 Å². The number of hydrogen-bond acceptors (Lipinski definition) is 5. The van der Waals surface area contributed by atoms with E-state index in [1.807, 2.05) is 29.5 Å². The molecule has 9 heteroatoms. The van der Waals surface area contributed by atoms with Gasteiger partial charge in [0.2, 0.25) is 5.91 Å². The number of nitrogens with one attached hydrogen (secondary N) is 1. The van der Waals surface area contributed by atoms with Gasteiger partial charge < -0.3 is 10.2 Å². The van der Waals surface area contributed by atoms with Crippen molar-refractivity contribution >= 4 is 38.8 Å². The lowest BCUT2D eigenvalue weighted by atomic mass is 10.1. The van der Waals surface area contributed by atoms with E-state index in [9.17, 15) is 13.2 Å². The zero-order valence-electron chi connectivity index (χ0n) is 18.6. The standard InChI is InChI=1S/C24H26N4O3S2/c1-3-17-9-11-18(12-10-17)24-26-20(16-32-24)15-23(29)25-19-6-4-7-21(14-19)33(30,31)27-22-8-5-13-28(22)2/h4,6-7,9-12,14,16H,3,5,8,13,15H2,1-2H3,(H,25,29)/b27-22-. The van der Waals surface area contributed by atoms with Crippen LogP contribution in [-0.4, -0.2) is 43.6 Å². The fourth-order valence-corrected chi connectivity index (χ4v) is 5.57. The quantitative estimate of drug-likeness (QED) is 0.540. The maximum atomic E-state index is 12.7. The first-order valence-corrected chi connectivity index (χ1v) is 13.1. The molecule has 0 saturated carbocycles. The summed E-state index contributed by atoms with van der Waals surface area (Å²) in [5.74, 6) is 0.303. The third-order valence-electron chi connectivity index (χ3n) is 5.48. The molecule has 1 N–H and O–H groups in total. The summed E-state index contributed by atoms with van der Waals surface area (Å²) in [6.45, 7) is 2.91. The molecule has 0 spiro atoms. The molecule has 0 bridgehead atoms. The number of thiazole rings is 1. The molecule has 7 nitrogen and oxygen atoms in total. The normalized spacial score (nSPS) is 15.2. The lowest BCUT2D eigenvalue weighted by Gasteiger charge is -2.11. The Bertz CT molecular complexity index is 1280. The summed E-state index contributed by atoms with van der Waals surface area (Å²) in [6, 6.07) is 14.4. The molecule has 0 atom stereocenters. The molecule has 1 aromatic heterocycles. The van der Waals surface area contributed by atoms with Crippen molar-refractivity contribution in [3.8, 4) is 10.6 Å². The summed E-state index contributed by atoms with van der Waals surface area (Å²) in [7, 11) is -2.01. The lowest BCUT2D eigenvalue weighted by Crippen LogP contribution is -2.20. The van der Waals surface area contributed by atoms with Gasteiger partial charge in [-0.15, -0.1) is 15.7 Å². The van der Waals surface area contributed by atoms with Crippen molar-refractivity contribution in [1.29, 1.82) is 0 Å². The molecule has 1 saturated heterocycles. The monoisotopic (exact) mass is 482 g/mol. The van der Waals surface area contributed by atoms with E-state index < -0.39 is 10.0 Å². The van der Waals surface area contributed by atoms with Gasteiger partial charge in [0.05, 0.1) is 17.0 Å². The molecular formula is C24H26N4O3S2. The van der Waals surface area contributed by atoms with E-state index in [1.54, 1.807) is 12.1 Å². The molecule has 0 aliphatic carbocycles. The molecule has 3 aromatic rings. The second-order valence-corrected chi connectivity index (χ2v) is 10.4. The number of carbonyl (C=O) groups is 1. The largest absolute Gasteiger partial charge is 0.362 e. The number of amidine groups is 1. The Kier molecular flexibility index (Phi) is 6.90. The molecule has 4 rings (SSSR count). The smallest absolute Gasteiger partial charge is 0.284 e. The van der Waals surface area contributed by atoms with E-state index >= 15 is 0 Å². The van der Waals surface area contributed by atoms with Crippen LogP contribution < -0.4 is 5.32 Å². The summed E-state index contributed by atoms with van der Waals surface area (Å²) in [5.41, 5.74) is 3.37. The third-order valence-corrected chi connectivity index (χ3v) is 7.72. The number of anilines is 1. The summed E-state index contributed by atoms with van der Waals surface area (Å²) in [5, 5.41) is 5.51. The van der Waals surface area contributed by atoms with Crippen LogP contribution in [0.1, 0.15) is 31.0 Å². The summed E-state index contributed by atoms with van der Waals surface area (Å²) in [4.78, 5) is 19.0. The van der Waals surface area contributed by atoms with Gasteiger partial charge in [-0.05, 0) is 36.6 Å². The molecule has 1 fully saturated rings. The first kappa shape index (κ1) is 23.1. The second kappa shape index (κ2) is 9.84. The average Bonchev–Trinajstić information content (AvgIpc) is 3.42. The van der Waals surface area contributed by atoms with Gasteiger partial charge >= 0.3 is 0 Å². The van der Waals surface area contributed by atoms with Gasteiger partial charge in [0.25, 0.3) is 10.0 Å². The van der Waals surface area contributed by atoms with E-state index in [2.05, 4.69) is 33.8 Å². The van der Waals surface area contributed by atoms with Crippen LogP contribution in [0.3, 0.4) is 0 Å². The number of benzene rings is 2. The minimum atomic E-state index is -3.84. The molecule has 2 aromatic carbocycles. The van der Waals surface area contributed by atoms with Crippen molar-refractivity contribution in [2.24, 2.45) is 4.40 Å². The molecule has 1 aliphatic heterocycles. The van der Waals surface area contributed by atoms with Crippen molar-refractivity contribution in [3.63, 3.8) is 0 Å². The van der Waals surface area contributed by atoms with Gasteiger partial charge in [0, 0.05) is 36.6 Å². The molecule has 0 unspecified atom stereocenters. The SMILES string of the molecule is CCc1ccc(-c2nc(CC(=O)Nc3cccc(S(=O)(=O)/N=C4/CCCN4C)c3)cs2)cc1. The van der Waals surface area contributed by atoms with Gasteiger partial charge in [0.15, 0.2) is 0 Å². The van der Waals surface area contributed by atoms with Crippen LogP contribution in [0.2, 0.25) is 0 Å². The minimum absolute atomic E-state index is 0.0552. The number of aryl methyl sites for hydroxylation is 1. The van der Waals surface area contributed by atoms with Gasteiger partial charge in [-0.25, -0.2) is 4.98 Å². The maximum Gasteiger partial charge on any atom is 0.284 e. The number of rotatable bonds is 7. The predicted octanol–water partition coefficient (Wildman–Crippen LogP) is 4.37. The zero-order chi connectivity index (χ0) is 23.4. The van der Waals surface area contributed by atoms with Crippen LogP contribution in [0.4, 0.5) is 5.69 Å². The van der Waals surface area contributed by atoms with Gasteiger partial charge in [0.1, 0.15) is 10.8 Å². The van der Waals surface area contributed by atoms with E-state index in [0.29, 0.717) is 23.6 Å². The van der Waals surface area contributed by atoms with Crippen LogP contribution in [0.5, 0.6) is 0 Å². The van der Waals surface area contributed by atoms with Gasteiger partial charge in [-0.3, -0.25) is 4.79 Å². The zero-order valence-corrected chi connectivity index (χ0v) is 20.2. The Labute approximate surface area is 198 Å². The fourth-order valence-electron chi connectivity index (χ4n) is 3.61. The Hall–Kier alpha value is -3.04. The second-order valence-electron chi connectivity index (χ2n) is 7.95. The van der Waals surface area contributed by atoms with Crippen molar-refractivity contribution < 1.29 is 13.2 Å². The highest BCUT2D eigenvalue weighted by molar-refractivity contribution is 7.90. The molecule has 2 heterocycles. The number of hydrogen-bond donors (Lipinski definition) is 1. The number of carbonyl (C=O) groups excluding carboxylic acids is 1. The van der Waals surface area contributed by atoms with Gasteiger partial charge in [-0.2, -0.15) is 8.42 Å². The molecule has 1 amide bonds. The number of nitrogens with zero attached hydrogens (tertiary/aromatic N) is 3. The van der Waals surface area contributed by atoms with Crippen LogP contribution in [0.25, 0.3) is 10.6 Å². The van der Waals surface area contributed by atoms with E-state index in [0.717, 1.165) is 30.0 Å². The third kappa shape index (κ3) is 5.66. The number of likely N-dealkylation sites (tertiary alicyclic amines) is 1. The van der Waals surface area contributed by atoms with Crippen LogP contribution in [0.15, 0.2) is 63.2 Å². The number of aromatic nitrogens is 1. The molecule has 172 valence electrons. The van der Waals surface area contributed by atoms with Gasteiger partial charge in [-0.1, -0.05) is 37.3 Å². The molecule has 33 heavy (non-hydrogen) atoms. The van der Waals surface area contributed by atoms with Crippen molar-refractivity contribution in [1.82, 2.24) is 9.88 Å². The highest BCUT2D eigenvalue weighted by Gasteiger charge is 2.20. The van der Waals surface area contributed by atoms with Crippen molar-refractivity contribution in [3.05, 3.63) is 65.2 Å². The fraction of sp³-hybridized carbons (Fsp3) is 0.292. The first-order valence-electron chi connectivity index (χ1n) is 10.8. The average molecular weight is 483 g/mol. The maximum absolute atomic E-state index is 12.7. The Balaban J connectivity index is 1.43. The Morgan fingerprint density at radius 3 is 2.70 bits per heavy atom. The van der Waals surface area contributed by atoms with Crippen molar-refractivity contribution in [2.75, 3.05) is 18.9 Å². The molecular weight excluding hydrogens is 456 g/mol. The van der Waals surface area contributed by atoms with E-state index in [-0.39, 0.29) is 17.2 Å². The molecule has 1 aliphatic rings. The van der Waals surface area contributed by atoms with E-state index in [4.69, 9.17) is 0 Å². The van der Waals surface area contributed by atoms with Crippen molar-refractivity contribution in [2.45, 2.75) is 37.5 Å². The first-order chi connectivity index (χ1) is 15.8. The van der Waals surface area contributed by atoms with Crippen LogP contribution in [0, 0.1) is 0 Å². The topological polar surface area (TPSA) is 91.7 Å². The summed E-state index contributed by atoms with van der Waals surface area (Å²) < 4.78 is 29.4. The van der Waals surface area contributed by atoms with Crippen LogP contribution in [-0.2, 0) is 27.7 Å². The Morgan fingerprint density at radius 1 is 1.21 bits per heavy atom. The minimum Gasteiger partial charge on any atom is -0.362 e. The Morgan fingerprint density at radius 2 is 2.00 bits per heavy atom. The summed E-state index contributed by atoms with van der Waals surface area (Å²) in [6.07, 6.45) is 2.62. The molecule has 0 radical (unpaired) electrons. The highest BCUT2D eigenvalue weighted by Crippen LogP contribution is 2.25. The number of sulfonamides is 1. The lowest BCUT2D eigenvalue weighted by molar-refractivity contribution is -0.115. The predicted molar refractivity (Wildman–Crippen MR) is 132 cm³/mol.